The number of carbonyl (C=O) groups excluding carboxylic acids is 1. The molecule has 0 aromatic heterocycles. The molecule has 0 saturated heterocycles. The van der Waals surface area contributed by atoms with Crippen molar-refractivity contribution in [3.63, 3.8) is 0 Å². The molecule has 0 radical (unpaired) electrons. The summed E-state index contributed by atoms with van der Waals surface area (Å²) < 4.78 is 53.2. The second-order valence-corrected chi connectivity index (χ2v) is 9.51. The van der Waals surface area contributed by atoms with E-state index >= 15 is 0 Å². The molecule has 0 bridgehead atoms. The number of anilines is 2. The monoisotopic (exact) mass is 410 g/mol. The molecule has 0 saturated carbocycles. The lowest BCUT2D eigenvalue weighted by atomic mass is 10.1. The van der Waals surface area contributed by atoms with Crippen molar-refractivity contribution in [1.29, 1.82) is 0 Å². The quantitative estimate of drug-likeness (QED) is 0.687. The van der Waals surface area contributed by atoms with Crippen LogP contribution in [0.1, 0.15) is 5.56 Å². The fourth-order valence-corrected chi connectivity index (χ4v) is 4.36. The second-order valence-electron chi connectivity index (χ2n) is 5.94. The van der Waals surface area contributed by atoms with Crippen LogP contribution in [0.25, 0.3) is 0 Å². The third-order valence-corrected chi connectivity index (χ3v) is 6.89. The Hall–Kier alpha value is -2.63. The molecule has 3 rings (SSSR count). The molecule has 2 aromatic carbocycles. The summed E-state index contributed by atoms with van der Waals surface area (Å²) in [7, 11) is -4.63. The van der Waals surface area contributed by atoms with Gasteiger partial charge < -0.3 is 10.2 Å². The first-order chi connectivity index (χ1) is 12.6. The van der Waals surface area contributed by atoms with Crippen LogP contribution < -0.4 is 14.8 Å². The number of nitrogens with one attached hydrogen (secondary N) is 3. The molecule has 0 atom stereocenters. The van der Waals surface area contributed by atoms with Crippen LogP contribution in [-0.2, 0) is 26.6 Å². The number of urea groups is 1. The maximum atomic E-state index is 12.6. The molecule has 144 valence electrons. The molecule has 0 aliphatic carbocycles. The highest BCUT2D eigenvalue weighted by Crippen LogP contribution is 2.27. The van der Waals surface area contributed by atoms with Gasteiger partial charge in [0.1, 0.15) is 0 Å². The minimum absolute atomic E-state index is 0.0310. The van der Waals surface area contributed by atoms with E-state index in [2.05, 4.69) is 14.8 Å². The van der Waals surface area contributed by atoms with E-state index in [1.54, 1.807) is 25.2 Å². The van der Waals surface area contributed by atoms with Gasteiger partial charge >= 0.3 is 6.03 Å². The second kappa shape index (κ2) is 6.83. The fourth-order valence-electron chi connectivity index (χ4n) is 2.58. The highest BCUT2D eigenvalue weighted by Gasteiger charge is 2.21. The van der Waals surface area contributed by atoms with E-state index < -0.39 is 20.0 Å². The van der Waals surface area contributed by atoms with Crippen LogP contribution in [0.15, 0.2) is 52.3 Å². The van der Waals surface area contributed by atoms with E-state index in [-0.39, 0.29) is 15.8 Å². The Morgan fingerprint density at radius 3 is 2.15 bits per heavy atom. The lowest BCUT2D eigenvalue weighted by Crippen LogP contribution is -2.35. The largest absolute Gasteiger partial charge is 0.323 e. The zero-order chi connectivity index (χ0) is 19.8. The number of hydrogen-bond acceptors (Lipinski definition) is 5. The SMILES string of the molecule is CNS(=O)(=O)c1ccc(S(=O)(=O)Nc2ccc3c(c2)CN(C)C(=O)N3)cc1. The van der Waals surface area contributed by atoms with Gasteiger partial charge in [0.15, 0.2) is 0 Å². The Kier molecular flexibility index (Phi) is 4.84. The Balaban J connectivity index is 1.85. The van der Waals surface area contributed by atoms with Crippen molar-refractivity contribution in [3.8, 4) is 0 Å². The zero-order valence-electron chi connectivity index (χ0n) is 14.6. The smallest absolute Gasteiger partial charge is 0.321 e. The summed E-state index contributed by atoms with van der Waals surface area (Å²) in [4.78, 5) is 13.0. The molecule has 1 aliphatic rings. The molecule has 0 fully saturated rings. The third-order valence-electron chi connectivity index (χ3n) is 4.07. The fraction of sp³-hybridized carbons (Fsp3) is 0.188. The van der Waals surface area contributed by atoms with Crippen LogP contribution in [0, 0.1) is 0 Å². The van der Waals surface area contributed by atoms with Crippen LogP contribution in [-0.4, -0.2) is 41.9 Å². The summed E-state index contributed by atoms with van der Waals surface area (Å²) in [6, 6.07) is 9.46. The third kappa shape index (κ3) is 3.89. The van der Waals surface area contributed by atoms with Gasteiger partial charge in [0.25, 0.3) is 10.0 Å². The molecule has 0 unspecified atom stereocenters. The van der Waals surface area contributed by atoms with E-state index in [9.17, 15) is 21.6 Å². The lowest BCUT2D eigenvalue weighted by Gasteiger charge is -2.26. The predicted molar refractivity (Wildman–Crippen MR) is 100 cm³/mol. The normalized spacial score (nSPS) is 14.4. The summed E-state index contributed by atoms with van der Waals surface area (Å²) >= 11 is 0. The maximum Gasteiger partial charge on any atom is 0.321 e. The van der Waals surface area contributed by atoms with E-state index in [1.807, 2.05) is 0 Å². The van der Waals surface area contributed by atoms with E-state index in [4.69, 9.17) is 0 Å². The van der Waals surface area contributed by atoms with Crippen molar-refractivity contribution in [2.45, 2.75) is 16.3 Å². The first kappa shape index (κ1) is 19.1. The molecule has 1 heterocycles. The first-order valence-electron chi connectivity index (χ1n) is 7.84. The van der Waals surface area contributed by atoms with Gasteiger partial charge in [-0.25, -0.2) is 26.4 Å². The number of fused-ring (bicyclic) bond motifs is 1. The summed E-state index contributed by atoms with van der Waals surface area (Å²) in [6.07, 6.45) is 0. The number of nitrogens with zero attached hydrogens (tertiary/aromatic N) is 1. The Morgan fingerprint density at radius 2 is 1.56 bits per heavy atom. The van der Waals surface area contributed by atoms with Gasteiger partial charge in [-0.05, 0) is 55.1 Å². The molecule has 11 heteroatoms. The number of sulfonamides is 2. The maximum absolute atomic E-state index is 12.6. The summed E-state index contributed by atoms with van der Waals surface area (Å²) in [6.45, 7) is 0.354. The van der Waals surface area contributed by atoms with Crippen molar-refractivity contribution in [2.24, 2.45) is 0 Å². The van der Waals surface area contributed by atoms with Crippen LogP contribution in [0.3, 0.4) is 0 Å². The van der Waals surface area contributed by atoms with Crippen molar-refractivity contribution < 1.29 is 21.6 Å². The van der Waals surface area contributed by atoms with Gasteiger partial charge in [0.05, 0.1) is 9.79 Å². The van der Waals surface area contributed by atoms with Crippen molar-refractivity contribution >= 4 is 37.5 Å². The minimum atomic E-state index is -3.90. The molecule has 2 aromatic rings. The van der Waals surface area contributed by atoms with E-state index in [0.717, 1.165) is 5.56 Å². The summed E-state index contributed by atoms with van der Waals surface area (Å²) in [5.74, 6) is 0. The van der Waals surface area contributed by atoms with Crippen LogP contribution >= 0.6 is 0 Å². The van der Waals surface area contributed by atoms with Crippen LogP contribution in [0.4, 0.5) is 16.2 Å². The molecule has 27 heavy (non-hydrogen) atoms. The molecular formula is C16H18N4O5S2. The number of benzene rings is 2. The van der Waals surface area contributed by atoms with Gasteiger partial charge in [-0.2, -0.15) is 0 Å². The Labute approximate surface area is 157 Å². The van der Waals surface area contributed by atoms with Gasteiger partial charge in [-0.1, -0.05) is 0 Å². The van der Waals surface area contributed by atoms with Gasteiger partial charge in [0.2, 0.25) is 10.0 Å². The molecule has 0 spiro atoms. The average molecular weight is 410 g/mol. The van der Waals surface area contributed by atoms with E-state index in [1.165, 1.54) is 36.2 Å². The number of rotatable bonds is 5. The van der Waals surface area contributed by atoms with Crippen LogP contribution in [0.5, 0.6) is 0 Å². The number of hydrogen-bond donors (Lipinski definition) is 3. The van der Waals surface area contributed by atoms with Crippen LogP contribution in [0.2, 0.25) is 0 Å². The van der Waals surface area contributed by atoms with Crippen molar-refractivity contribution in [2.75, 3.05) is 24.1 Å². The standard InChI is InChI=1S/C16H18N4O5S2/c1-17-26(22,23)13-4-6-14(7-5-13)27(24,25)19-12-3-8-15-11(9-12)10-20(2)16(21)18-15/h3-9,17,19H,10H2,1-2H3,(H,18,21). The lowest BCUT2D eigenvalue weighted by molar-refractivity contribution is 0.218. The predicted octanol–water partition coefficient (Wildman–Crippen LogP) is 1.37. The Morgan fingerprint density at radius 1 is 0.963 bits per heavy atom. The van der Waals surface area contributed by atoms with E-state index in [0.29, 0.717) is 17.9 Å². The molecule has 2 amide bonds. The molecular weight excluding hydrogens is 392 g/mol. The number of amides is 2. The molecule has 9 nitrogen and oxygen atoms in total. The van der Waals surface area contributed by atoms with Gasteiger partial charge in [-0.15, -0.1) is 0 Å². The zero-order valence-corrected chi connectivity index (χ0v) is 16.2. The summed E-state index contributed by atoms with van der Waals surface area (Å²) in [5, 5.41) is 2.70. The van der Waals surface area contributed by atoms with Crippen molar-refractivity contribution in [1.82, 2.24) is 9.62 Å². The molecule has 1 aliphatic heterocycles. The highest BCUT2D eigenvalue weighted by atomic mass is 32.2. The van der Waals surface area contributed by atoms with Gasteiger partial charge in [0, 0.05) is 25.0 Å². The van der Waals surface area contributed by atoms with Gasteiger partial charge in [-0.3, -0.25) is 4.72 Å². The van der Waals surface area contributed by atoms with Crippen molar-refractivity contribution in [3.05, 3.63) is 48.0 Å². The topological polar surface area (TPSA) is 125 Å². The average Bonchev–Trinajstić information content (AvgIpc) is 2.63. The highest BCUT2D eigenvalue weighted by molar-refractivity contribution is 7.92. The first-order valence-corrected chi connectivity index (χ1v) is 10.8. The minimum Gasteiger partial charge on any atom is -0.323 e. The molecule has 3 N–H and O–H groups in total. The number of carbonyl (C=O) groups is 1. The summed E-state index contributed by atoms with van der Waals surface area (Å²) in [5.41, 5.74) is 1.74. The Bertz CT molecular complexity index is 1100.